The molecule has 2 heterocycles. The van der Waals surface area contributed by atoms with Gasteiger partial charge >= 0.3 is 0 Å². The molecule has 2 aromatic heterocycles. The number of phenolic OH excluding ortho intramolecular Hbond substituents is 1. The monoisotopic (exact) mass is 352 g/mol. The van der Waals surface area contributed by atoms with Crippen LogP contribution in [-0.2, 0) is 0 Å². The number of ketones is 1. The number of nitrogens with zero attached hydrogens (tertiary/aromatic N) is 3. The van der Waals surface area contributed by atoms with Crippen molar-refractivity contribution in [3.63, 3.8) is 0 Å². The lowest BCUT2D eigenvalue weighted by atomic mass is 10.0. The van der Waals surface area contributed by atoms with Crippen molar-refractivity contribution in [3.8, 4) is 17.0 Å². The number of hydrogen-bond acceptors (Lipinski definition) is 5. The van der Waals surface area contributed by atoms with E-state index in [-0.39, 0.29) is 5.56 Å². The molecule has 0 aliphatic carbocycles. The third kappa shape index (κ3) is 2.57. The average Bonchev–Trinajstić information content (AvgIpc) is 3.19. The summed E-state index contributed by atoms with van der Waals surface area (Å²) in [7, 11) is 0. The van der Waals surface area contributed by atoms with Crippen LogP contribution in [0.1, 0.15) is 15.9 Å². The van der Waals surface area contributed by atoms with Crippen LogP contribution in [0.5, 0.6) is 5.75 Å². The number of aromatic amines is 1. The Bertz CT molecular complexity index is 1140. The van der Waals surface area contributed by atoms with Gasteiger partial charge in [0.05, 0.1) is 34.7 Å². The lowest BCUT2D eigenvalue weighted by molar-refractivity contribution is 0.103. The fraction of sp³-hybridized carbons (Fsp3) is 0. The van der Waals surface area contributed by atoms with Gasteiger partial charge in [-0.2, -0.15) is 5.10 Å². The maximum absolute atomic E-state index is 14.0. The normalized spacial score (nSPS) is 11.0. The number of H-pyrrole nitrogens is 1. The van der Waals surface area contributed by atoms with Crippen LogP contribution in [0, 0.1) is 11.6 Å². The third-order valence-electron chi connectivity index (χ3n) is 3.90. The van der Waals surface area contributed by atoms with Gasteiger partial charge in [0, 0.05) is 17.3 Å². The number of rotatable bonds is 3. The molecule has 4 aromatic rings. The predicted molar refractivity (Wildman–Crippen MR) is 88.6 cm³/mol. The van der Waals surface area contributed by atoms with E-state index in [2.05, 4.69) is 20.2 Å². The first-order valence-electron chi connectivity index (χ1n) is 7.52. The Morgan fingerprint density at radius 1 is 1.08 bits per heavy atom. The molecule has 0 radical (unpaired) electrons. The number of aromatic hydroxyl groups is 1. The van der Waals surface area contributed by atoms with E-state index in [1.165, 1.54) is 18.2 Å². The highest BCUT2D eigenvalue weighted by atomic mass is 19.1. The van der Waals surface area contributed by atoms with Crippen molar-refractivity contribution >= 4 is 16.8 Å². The second-order valence-electron chi connectivity index (χ2n) is 5.53. The molecule has 0 atom stereocenters. The Hall–Kier alpha value is -3.68. The van der Waals surface area contributed by atoms with Gasteiger partial charge in [-0.25, -0.2) is 13.8 Å². The molecule has 2 N–H and O–H groups in total. The van der Waals surface area contributed by atoms with Crippen molar-refractivity contribution in [1.82, 2.24) is 20.2 Å². The summed E-state index contributed by atoms with van der Waals surface area (Å²) in [6, 6.07) is 6.03. The van der Waals surface area contributed by atoms with E-state index in [1.807, 2.05) is 0 Å². The van der Waals surface area contributed by atoms with Gasteiger partial charge in [0.1, 0.15) is 5.82 Å². The van der Waals surface area contributed by atoms with Gasteiger partial charge in [-0.15, -0.1) is 0 Å². The molecule has 4 rings (SSSR count). The van der Waals surface area contributed by atoms with E-state index in [0.717, 1.165) is 12.1 Å². The molecule has 0 amide bonds. The van der Waals surface area contributed by atoms with E-state index >= 15 is 0 Å². The number of nitrogens with one attached hydrogen (secondary N) is 1. The van der Waals surface area contributed by atoms with Crippen LogP contribution in [-0.4, -0.2) is 31.1 Å². The van der Waals surface area contributed by atoms with Crippen LogP contribution in [0.4, 0.5) is 8.78 Å². The number of carbonyl (C=O) groups is 1. The van der Waals surface area contributed by atoms with Crippen molar-refractivity contribution in [3.05, 3.63) is 71.7 Å². The number of phenols is 1. The summed E-state index contributed by atoms with van der Waals surface area (Å²) in [4.78, 5) is 21.2. The summed E-state index contributed by atoms with van der Waals surface area (Å²) in [5.41, 5.74) is 1.36. The molecule has 0 spiro atoms. The minimum atomic E-state index is -1.30. The number of benzene rings is 2. The fourth-order valence-corrected chi connectivity index (χ4v) is 2.58. The Labute approximate surface area is 145 Å². The van der Waals surface area contributed by atoms with Crippen molar-refractivity contribution < 1.29 is 18.7 Å². The lowest BCUT2D eigenvalue weighted by Gasteiger charge is -2.07. The van der Waals surface area contributed by atoms with Crippen LogP contribution in [0.3, 0.4) is 0 Å². The molecule has 2 aromatic carbocycles. The molecule has 0 saturated carbocycles. The van der Waals surface area contributed by atoms with Crippen LogP contribution < -0.4 is 0 Å². The van der Waals surface area contributed by atoms with Gasteiger partial charge in [0.15, 0.2) is 17.3 Å². The quantitative estimate of drug-likeness (QED) is 0.552. The van der Waals surface area contributed by atoms with Crippen LogP contribution in [0.2, 0.25) is 0 Å². The van der Waals surface area contributed by atoms with Crippen LogP contribution in [0.25, 0.3) is 22.3 Å². The Balaban J connectivity index is 1.82. The minimum Gasteiger partial charge on any atom is -0.505 e. The summed E-state index contributed by atoms with van der Waals surface area (Å²) < 4.78 is 27.9. The fourth-order valence-electron chi connectivity index (χ4n) is 2.58. The highest BCUT2D eigenvalue weighted by Crippen LogP contribution is 2.26. The van der Waals surface area contributed by atoms with Crippen molar-refractivity contribution in [2.24, 2.45) is 0 Å². The third-order valence-corrected chi connectivity index (χ3v) is 3.90. The molecular weight excluding hydrogens is 342 g/mol. The van der Waals surface area contributed by atoms with E-state index in [1.54, 1.807) is 18.6 Å². The maximum atomic E-state index is 14.0. The first kappa shape index (κ1) is 15.8. The van der Waals surface area contributed by atoms with Crippen molar-refractivity contribution in [2.45, 2.75) is 0 Å². The molecule has 0 fully saturated rings. The van der Waals surface area contributed by atoms with Crippen LogP contribution >= 0.6 is 0 Å². The molecule has 128 valence electrons. The number of hydrogen-bond donors (Lipinski definition) is 2. The number of fused-ring (bicyclic) bond motifs is 1. The zero-order valence-corrected chi connectivity index (χ0v) is 13.1. The van der Waals surface area contributed by atoms with E-state index in [9.17, 15) is 18.7 Å². The lowest BCUT2D eigenvalue weighted by Crippen LogP contribution is -2.08. The average molecular weight is 352 g/mol. The Kier molecular flexibility index (Phi) is 3.65. The van der Waals surface area contributed by atoms with Gasteiger partial charge in [0.2, 0.25) is 0 Å². The van der Waals surface area contributed by atoms with Crippen LogP contribution in [0.15, 0.2) is 48.9 Å². The zero-order chi connectivity index (χ0) is 18.3. The standard InChI is InChI=1S/C18H10F2N4O2/c19-11-2-4-15(25)17(20)16(11)18(26)9-1-3-12-13(5-9)24-14(8-21-12)10-6-22-23-7-10/h1-8,25H,(H,22,23). The Morgan fingerprint density at radius 3 is 2.69 bits per heavy atom. The van der Waals surface area contributed by atoms with Gasteiger partial charge in [-0.05, 0) is 30.3 Å². The number of aromatic nitrogens is 4. The highest BCUT2D eigenvalue weighted by Gasteiger charge is 2.22. The summed E-state index contributed by atoms with van der Waals surface area (Å²) in [6.45, 7) is 0. The van der Waals surface area contributed by atoms with E-state index in [0.29, 0.717) is 22.3 Å². The van der Waals surface area contributed by atoms with E-state index in [4.69, 9.17) is 0 Å². The number of halogens is 2. The molecule has 0 bridgehead atoms. The molecular formula is C18H10F2N4O2. The molecule has 0 unspecified atom stereocenters. The molecule has 6 nitrogen and oxygen atoms in total. The summed E-state index contributed by atoms with van der Waals surface area (Å²) >= 11 is 0. The predicted octanol–water partition coefficient (Wildman–Crippen LogP) is 3.23. The van der Waals surface area contributed by atoms with Crippen molar-refractivity contribution in [2.75, 3.05) is 0 Å². The summed E-state index contributed by atoms with van der Waals surface area (Å²) in [5.74, 6) is -4.04. The first-order chi connectivity index (χ1) is 12.5. The van der Waals surface area contributed by atoms with Gasteiger partial charge in [-0.3, -0.25) is 14.9 Å². The van der Waals surface area contributed by atoms with Gasteiger partial charge < -0.3 is 5.11 Å². The van der Waals surface area contributed by atoms with E-state index < -0.39 is 28.7 Å². The SMILES string of the molecule is O=C(c1ccc2ncc(-c3cn[nH]c3)nc2c1)c1c(F)ccc(O)c1F. The van der Waals surface area contributed by atoms with Gasteiger partial charge in [0.25, 0.3) is 0 Å². The second kappa shape index (κ2) is 5.99. The van der Waals surface area contributed by atoms with Crippen molar-refractivity contribution in [1.29, 1.82) is 0 Å². The minimum absolute atomic E-state index is 0.0274. The topological polar surface area (TPSA) is 91.8 Å². The molecule has 0 aliphatic heterocycles. The molecule has 26 heavy (non-hydrogen) atoms. The largest absolute Gasteiger partial charge is 0.505 e. The summed E-state index contributed by atoms with van der Waals surface area (Å²) in [5, 5.41) is 15.9. The molecule has 0 saturated heterocycles. The van der Waals surface area contributed by atoms with Gasteiger partial charge in [-0.1, -0.05) is 0 Å². The molecule has 8 heteroatoms. The maximum Gasteiger partial charge on any atom is 0.199 e. The zero-order valence-electron chi connectivity index (χ0n) is 13.1. The Morgan fingerprint density at radius 2 is 1.92 bits per heavy atom. The first-order valence-corrected chi connectivity index (χ1v) is 7.52. The second-order valence-corrected chi connectivity index (χ2v) is 5.53. The highest BCUT2D eigenvalue weighted by molar-refractivity contribution is 6.10. The molecule has 0 aliphatic rings. The number of carbonyl (C=O) groups excluding carboxylic acids is 1. The smallest absolute Gasteiger partial charge is 0.199 e. The summed E-state index contributed by atoms with van der Waals surface area (Å²) in [6.07, 6.45) is 4.77.